The zero-order valence-corrected chi connectivity index (χ0v) is 10.9. The number of nitrogens with two attached hydrogens (primary N) is 1. The standard InChI is InChI=1S/C7H7F3N2O5S2/c1-2-16-5(13)3-4(12-6(11)18-3)17-19(14,15)7(8,9)10/h2H2,1H3,(H2,11,12). The molecule has 1 heterocycles. The fraction of sp³-hybridized carbons (Fsp3) is 0.429. The number of nitrogens with zero attached hydrogens (tertiary/aromatic N) is 1. The summed E-state index contributed by atoms with van der Waals surface area (Å²) in [7, 11) is -5.93. The van der Waals surface area contributed by atoms with Gasteiger partial charge in [-0.1, -0.05) is 11.3 Å². The van der Waals surface area contributed by atoms with Crippen molar-refractivity contribution < 1.29 is 35.3 Å². The van der Waals surface area contributed by atoms with Crippen LogP contribution in [0, 0.1) is 0 Å². The third-order valence-electron chi connectivity index (χ3n) is 1.55. The first-order valence-electron chi connectivity index (χ1n) is 4.52. The number of esters is 1. The number of halogens is 3. The average molecular weight is 320 g/mol. The molecule has 0 aliphatic rings. The Morgan fingerprint density at radius 2 is 2.05 bits per heavy atom. The lowest BCUT2D eigenvalue weighted by atomic mass is 10.5. The van der Waals surface area contributed by atoms with Gasteiger partial charge in [-0.25, -0.2) is 4.79 Å². The number of anilines is 1. The van der Waals surface area contributed by atoms with Gasteiger partial charge in [0.1, 0.15) is 0 Å². The molecule has 0 bridgehead atoms. The first-order valence-corrected chi connectivity index (χ1v) is 6.75. The second-order valence-corrected chi connectivity index (χ2v) is 5.46. The average Bonchev–Trinajstić information content (AvgIpc) is 2.57. The smallest absolute Gasteiger partial charge is 0.462 e. The zero-order valence-electron chi connectivity index (χ0n) is 9.22. The fourth-order valence-corrected chi connectivity index (χ4v) is 1.99. The molecule has 0 saturated heterocycles. The molecule has 1 aromatic heterocycles. The van der Waals surface area contributed by atoms with E-state index in [1.165, 1.54) is 6.92 Å². The van der Waals surface area contributed by atoms with E-state index in [1.54, 1.807) is 0 Å². The summed E-state index contributed by atoms with van der Waals surface area (Å²) in [5.74, 6) is -2.14. The molecule has 0 saturated carbocycles. The lowest BCUT2D eigenvalue weighted by molar-refractivity contribution is -0.0501. The third kappa shape index (κ3) is 3.47. The first kappa shape index (κ1) is 15.5. The van der Waals surface area contributed by atoms with E-state index < -0.39 is 32.4 Å². The Morgan fingerprint density at radius 1 is 1.47 bits per heavy atom. The molecular formula is C7H7F3N2O5S2. The van der Waals surface area contributed by atoms with Crippen LogP contribution >= 0.6 is 11.3 Å². The predicted molar refractivity (Wildman–Crippen MR) is 58.1 cm³/mol. The van der Waals surface area contributed by atoms with E-state index in [2.05, 4.69) is 13.9 Å². The Morgan fingerprint density at radius 3 is 2.53 bits per heavy atom. The van der Waals surface area contributed by atoms with Gasteiger partial charge in [0.05, 0.1) is 6.61 Å². The van der Waals surface area contributed by atoms with Crippen LogP contribution in [0.5, 0.6) is 5.88 Å². The quantitative estimate of drug-likeness (QED) is 0.503. The fourth-order valence-electron chi connectivity index (χ4n) is 0.855. The minimum absolute atomic E-state index is 0.0674. The highest BCUT2D eigenvalue weighted by atomic mass is 32.2. The number of hydrogen-bond donors (Lipinski definition) is 1. The zero-order chi connectivity index (χ0) is 14.8. The van der Waals surface area contributed by atoms with Gasteiger partial charge in [0, 0.05) is 0 Å². The van der Waals surface area contributed by atoms with Crippen LogP contribution in [0.1, 0.15) is 16.6 Å². The Balaban J connectivity index is 3.13. The van der Waals surface area contributed by atoms with Gasteiger partial charge in [0.15, 0.2) is 10.0 Å². The summed E-state index contributed by atoms with van der Waals surface area (Å²) in [5, 5.41) is -0.338. The normalized spacial score (nSPS) is 12.2. The number of hydrogen-bond acceptors (Lipinski definition) is 8. The monoisotopic (exact) mass is 320 g/mol. The van der Waals surface area contributed by atoms with Crippen molar-refractivity contribution in [2.24, 2.45) is 0 Å². The van der Waals surface area contributed by atoms with Crippen molar-refractivity contribution in [1.82, 2.24) is 4.98 Å². The van der Waals surface area contributed by atoms with Gasteiger partial charge in [-0.15, -0.1) is 0 Å². The van der Waals surface area contributed by atoms with Crippen LogP contribution in [0.15, 0.2) is 0 Å². The van der Waals surface area contributed by atoms with Crippen molar-refractivity contribution in [1.29, 1.82) is 0 Å². The van der Waals surface area contributed by atoms with Crippen LogP contribution in [0.4, 0.5) is 18.3 Å². The molecule has 7 nitrogen and oxygen atoms in total. The third-order valence-corrected chi connectivity index (χ3v) is 3.34. The maximum Gasteiger partial charge on any atom is 0.534 e. The van der Waals surface area contributed by atoms with Crippen LogP contribution in [-0.2, 0) is 14.9 Å². The van der Waals surface area contributed by atoms with Crippen molar-refractivity contribution in [2.75, 3.05) is 12.3 Å². The Bertz CT molecular complexity index is 580. The molecule has 0 spiro atoms. The molecule has 0 aliphatic carbocycles. The molecule has 0 aliphatic heterocycles. The molecular weight excluding hydrogens is 313 g/mol. The minimum atomic E-state index is -5.93. The van der Waals surface area contributed by atoms with E-state index >= 15 is 0 Å². The van der Waals surface area contributed by atoms with Crippen LogP contribution in [0.2, 0.25) is 0 Å². The molecule has 12 heteroatoms. The molecule has 0 fully saturated rings. The number of aromatic nitrogens is 1. The molecule has 0 amide bonds. The minimum Gasteiger partial charge on any atom is -0.462 e. The molecule has 19 heavy (non-hydrogen) atoms. The van der Waals surface area contributed by atoms with Crippen LogP contribution < -0.4 is 9.92 Å². The number of rotatable bonds is 4. The van der Waals surface area contributed by atoms with Crippen LogP contribution in [0.25, 0.3) is 0 Å². The van der Waals surface area contributed by atoms with Gasteiger partial charge >= 0.3 is 21.6 Å². The van der Waals surface area contributed by atoms with Gasteiger partial charge in [0.25, 0.3) is 5.88 Å². The molecule has 0 atom stereocenters. The molecule has 0 aromatic carbocycles. The van der Waals surface area contributed by atoms with E-state index in [-0.39, 0.29) is 11.7 Å². The van der Waals surface area contributed by atoms with Crippen molar-refractivity contribution in [3.8, 4) is 5.88 Å². The first-order chi connectivity index (χ1) is 8.58. The number of carbonyl (C=O) groups excluding carboxylic acids is 1. The Labute approximate surface area is 109 Å². The highest BCUT2D eigenvalue weighted by molar-refractivity contribution is 7.88. The predicted octanol–water partition coefficient (Wildman–Crippen LogP) is 1.13. The number of nitrogen functional groups attached to an aromatic ring is 1. The van der Waals surface area contributed by atoms with Gasteiger partial charge in [-0.05, 0) is 6.92 Å². The van der Waals surface area contributed by atoms with Crippen molar-refractivity contribution in [3.63, 3.8) is 0 Å². The summed E-state index contributed by atoms with van der Waals surface area (Å²) in [4.78, 5) is 14.0. The van der Waals surface area contributed by atoms with E-state index in [0.717, 1.165) is 0 Å². The molecule has 2 N–H and O–H groups in total. The lowest BCUT2D eigenvalue weighted by Crippen LogP contribution is -2.28. The van der Waals surface area contributed by atoms with Crippen molar-refractivity contribution >= 4 is 32.6 Å². The van der Waals surface area contributed by atoms with Crippen LogP contribution in [0.3, 0.4) is 0 Å². The molecule has 0 unspecified atom stereocenters. The lowest BCUT2D eigenvalue weighted by Gasteiger charge is -2.08. The highest BCUT2D eigenvalue weighted by Crippen LogP contribution is 2.32. The van der Waals surface area contributed by atoms with E-state index in [0.29, 0.717) is 11.3 Å². The number of thiazole rings is 1. The van der Waals surface area contributed by atoms with Gasteiger partial charge < -0.3 is 14.7 Å². The van der Waals surface area contributed by atoms with E-state index in [4.69, 9.17) is 5.73 Å². The SMILES string of the molecule is CCOC(=O)c1sc(N)nc1OS(=O)(=O)C(F)(F)F. The van der Waals surface area contributed by atoms with Crippen LogP contribution in [-0.4, -0.2) is 31.5 Å². The Kier molecular flexibility index (Phi) is 4.25. The summed E-state index contributed by atoms with van der Waals surface area (Å²) in [6.45, 7) is 1.39. The number of alkyl halides is 3. The number of carbonyl (C=O) groups is 1. The maximum atomic E-state index is 12.1. The van der Waals surface area contributed by atoms with Gasteiger partial charge in [-0.2, -0.15) is 26.6 Å². The maximum absolute atomic E-state index is 12.1. The van der Waals surface area contributed by atoms with Gasteiger partial charge in [-0.3, -0.25) is 0 Å². The summed E-state index contributed by atoms with van der Waals surface area (Å²) in [6.07, 6.45) is 0. The largest absolute Gasteiger partial charge is 0.534 e. The number of ether oxygens (including phenoxy) is 1. The molecule has 108 valence electrons. The summed E-state index contributed by atoms with van der Waals surface area (Å²) >= 11 is 0.449. The topological polar surface area (TPSA) is 109 Å². The van der Waals surface area contributed by atoms with Gasteiger partial charge in [0.2, 0.25) is 0 Å². The summed E-state index contributed by atoms with van der Waals surface area (Å²) < 4.78 is 66.2. The molecule has 1 aromatic rings. The van der Waals surface area contributed by atoms with Crippen molar-refractivity contribution in [2.45, 2.75) is 12.4 Å². The second kappa shape index (κ2) is 5.21. The molecule has 0 radical (unpaired) electrons. The second-order valence-electron chi connectivity index (χ2n) is 2.89. The molecule has 1 rings (SSSR count). The summed E-state index contributed by atoms with van der Waals surface area (Å²) in [5.41, 5.74) is -0.457. The van der Waals surface area contributed by atoms with Crippen molar-refractivity contribution in [3.05, 3.63) is 4.88 Å². The Hall–Kier alpha value is -1.56. The van der Waals surface area contributed by atoms with E-state index in [1.807, 2.05) is 0 Å². The summed E-state index contributed by atoms with van der Waals surface area (Å²) in [6, 6.07) is 0. The highest BCUT2D eigenvalue weighted by Gasteiger charge is 2.49. The van der Waals surface area contributed by atoms with E-state index in [9.17, 15) is 26.4 Å².